The Morgan fingerprint density at radius 3 is 2.40 bits per heavy atom. The van der Waals surface area contributed by atoms with Crippen LogP contribution >= 0.6 is 19.1 Å². The van der Waals surface area contributed by atoms with E-state index in [0.29, 0.717) is 28.4 Å². The molecule has 2 aromatic rings. The predicted molar refractivity (Wildman–Crippen MR) is 118 cm³/mol. The highest BCUT2D eigenvalue weighted by molar-refractivity contribution is 7.64. The second-order valence-electron chi connectivity index (χ2n) is 7.15. The molecule has 1 fully saturated rings. The van der Waals surface area contributed by atoms with E-state index in [1.165, 1.54) is 0 Å². The summed E-state index contributed by atoms with van der Waals surface area (Å²) in [6.45, 7) is 4.31. The van der Waals surface area contributed by atoms with Gasteiger partial charge in [0.05, 0.1) is 18.5 Å². The molecule has 162 valence electrons. The van der Waals surface area contributed by atoms with Gasteiger partial charge in [-0.3, -0.25) is 9.36 Å². The van der Waals surface area contributed by atoms with Crippen molar-refractivity contribution in [3.63, 3.8) is 0 Å². The summed E-state index contributed by atoms with van der Waals surface area (Å²) in [4.78, 5) is 12.2. The molecule has 1 aliphatic heterocycles. The van der Waals surface area contributed by atoms with Gasteiger partial charge in [0.15, 0.2) is 0 Å². The van der Waals surface area contributed by atoms with Gasteiger partial charge in [0.25, 0.3) is 0 Å². The number of nitrogens with zero attached hydrogens (tertiary/aromatic N) is 1. The monoisotopic (exact) mass is 451 g/mol. The largest absolute Gasteiger partial charge is 0.465 e. The Labute approximate surface area is 182 Å². The zero-order chi connectivity index (χ0) is 21.6. The van der Waals surface area contributed by atoms with Crippen LogP contribution in [0.2, 0.25) is 5.02 Å². The average molecular weight is 452 g/mol. The van der Waals surface area contributed by atoms with E-state index in [1.807, 2.05) is 6.92 Å². The summed E-state index contributed by atoms with van der Waals surface area (Å²) in [5.41, 5.74) is 0. The van der Waals surface area contributed by atoms with Crippen molar-refractivity contribution in [1.29, 1.82) is 0 Å². The van der Waals surface area contributed by atoms with Gasteiger partial charge in [-0.15, -0.1) is 0 Å². The Bertz CT molecular complexity index is 887. The average Bonchev–Trinajstić information content (AvgIpc) is 2.73. The Hall–Kier alpha value is -1.85. The van der Waals surface area contributed by atoms with Crippen molar-refractivity contribution < 1.29 is 23.4 Å². The third-order valence-corrected chi connectivity index (χ3v) is 7.89. The van der Waals surface area contributed by atoms with Crippen molar-refractivity contribution in [2.45, 2.75) is 39.2 Å². The smallest absolute Gasteiger partial charge is 0.320 e. The Kier molecular flexibility index (Phi) is 7.95. The van der Waals surface area contributed by atoms with E-state index < -0.39 is 13.5 Å². The zero-order valence-corrected chi connectivity index (χ0v) is 18.9. The third kappa shape index (κ3) is 5.64. The Morgan fingerprint density at radius 2 is 1.77 bits per heavy atom. The Morgan fingerprint density at radius 1 is 1.13 bits per heavy atom. The van der Waals surface area contributed by atoms with Crippen LogP contribution in [-0.4, -0.2) is 36.4 Å². The molecule has 2 atom stereocenters. The first kappa shape index (κ1) is 22.8. The van der Waals surface area contributed by atoms with Crippen molar-refractivity contribution in [2.24, 2.45) is 0 Å². The molecule has 1 saturated heterocycles. The highest BCUT2D eigenvalue weighted by Crippen LogP contribution is 2.52. The second kappa shape index (κ2) is 10.5. The van der Waals surface area contributed by atoms with Crippen molar-refractivity contribution in [3.8, 4) is 11.5 Å². The fraction of sp³-hybridized carbons (Fsp3) is 0.409. The number of carbonyl (C=O) groups excluding carboxylic acids is 1. The van der Waals surface area contributed by atoms with Crippen LogP contribution in [0, 0.1) is 0 Å². The molecule has 1 heterocycles. The van der Waals surface area contributed by atoms with Crippen LogP contribution in [0.15, 0.2) is 48.5 Å². The molecule has 0 radical (unpaired) electrons. The highest BCUT2D eigenvalue weighted by Gasteiger charge is 2.39. The molecule has 0 N–H and O–H groups in total. The molecule has 2 aromatic carbocycles. The molecule has 30 heavy (non-hydrogen) atoms. The van der Waals surface area contributed by atoms with E-state index in [0.717, 1.165) is 19.3 Å². The lowest BCUT2D eigenvalue weighted by Gasteiger charge is -2.36. The zero-order valence-electron chi connectivity index (χ0n) is 17.3. The minimum absolute atomic E-state index is 0.0741. The van der Waals surface area contributed by atoms with Gasteiger partial charge in [-0.1, -0.05) is 11.6 Å². The van der Waals surface area contributed by atoms with E-state index in [2.05, 4.69) is 0 Å². The van der Waals surface area contributed by atoms with Gasteiger partial charge in [-0.2, -0.15) is 0 Å². The van der Waals surface area contributed by atoms with Crippen LogP contribution in [0.3, 0.4) is 0 Å². The molecular weight excluding hydrogens is 425 g/mol. The quantitative estimate of drug-likeness (QED) is 0.432. The van der Waals surface area contributed by atoms with Gasteiger partial charge in [-0.25, -0.2) is 4.67 Å². The molecule has 2 unspecified atom stereocenters. The number of carbonyl (C=O) groups is 1. The van der Waals surface area contributed by atoms with E-state index in [4.69, 9.17) is 25.6 Å². The molecule has 8 heteroatoms. The lowest BCUT2D eigenvalue weighted by atomic mass is 10.1. The summed E-state index contributed by atoms with van der Waals surface area (Å²) in [7, 11) is -3.43. The maximum atomic E-state index is 14.0. The van der Waals surface area contributed by atoms with Crippen molar-refractivity contribution in [2.75, 3.05) is 19.8 Å². The minimum atomic E-state index is -3.43. The topological polar surface area (TPSA) is 65.1 Å². The molecular formula is C22H27ClNO5P. The van der Waals surface area contributed by atoms with Gasteiger partial charge >= 0.3 is 13.5 Å². The Balaban J connectivity index is 1.85. The minimum Gasteiger partial charge on any atom is -0.465 e. The molecule has 0 bridgehead atoms. The number of hydrogen-bond donors (Lipinski definition) is 0. The van der Waals surface area contributed by atoms with Crippen LogP contribution in [-0.2, 0) is 18.6 Å². The first-order valence-electron chi connectivity index (χ1n) is 10.1. The van der Waals surface area contributed by atoms with E-state index in [-0.39, 0.29) is 19.2 Å². The van der Waals surface area contributed by atoms with Crippen LogP contribution in [0.5, 0.6) is 11.5 Å². The van der Waals surface area contributed by atoms with Crippen molar-refractivity contribution >= 4 is 30.4 Å². The van der Waals surface area contributed by atoms with Crippen LogP contribution < -0.4 is 10.0 Å². The first-order valence-corrected chi connectivity index (χ1v) is 12.1. The molecule has 1 aliphatic rings. The predicted octanol–water partition coefficient (Wildman–Crippen LogP) is 5.40. The lowest BCUT2D eigenvalue weighted by molar-refractivity contribution is -0.143. The SMILES string of the molecule is CCOC(=O)CN1C(C)CCCCOP1(=O)c1ccc(Oc2ccc(Cl)cc2)cc1. The molecule has 0 aromatic heterocycles. The summed E-state index contributed by atoms with van der Waals surface area (Å²) in [6.07, 6.45) is 2.62. The summed E-state index contributed by atoms with van der Waals surface area (Å²) in [5, 5.41) is 1.16. The molecule has 0 aliphatic carbocycles. The van der Waals surface area contributed by atoms with Crippen molar-refractivity contribution in [1.82, 2.24) is 4.67 Å². The van der Waals surface area contributed by atoms with E-state index in [9.17, 15) is 9.36 Å². The third-order valence-electron chi connectivity index (χ3n) is 4.94. The fourth-order valence-corrected chi connectivity index (χ4v) is 5.92. The van der Waals surface area contributed by atoms with Gasteiger partial charge < -0.3 is 14.0 Å². The molecule has 0 spiro atoms. The van der Waals surface area contributed by atoms with Crippen LogP contribution in [0.25, 0.3) is 0 Å². The number of rotatable bonds is 6. The fourth-order valence-electron chi connectivity index (χ4n) is 3.36. The van der Waals surface area contributed by atoms with Gasteiger partial charge in [0, 0.05) is 11.1 Å². The van der Waals surface area contributed by atoms with Crippen LogP contribution in [0.4, 0.5) is 0 Å². The number of esters is 1. The van der Waals surface area contributed by atoms with E-state index in [1.54, 1.807) is 60.1 Å². The summed E-state index contributed by atoms with van der Waals surface area (Å²) >= 11 is 5.90. The molecule has 6 nitrogen and oxygen atoms in total. The summed E-state index contributed by atoms with van der Waals surface area (Å²) in [5.74, 6) is 0.847. The number of hydrogen-bond acceptors (Lipinski definition) is 5. The van der Waals surface area contributed by atoms with Crippen molar-refractivity contribution in [3.05, 3.63) is 53.6 Å². The first-order chi connectivity index (χ1) is 14.4. The molecule has 0 saturated carbocycles. The number of benzene rings is 2. The second-order valence-corrected chi connectivity index (χ2v) is 9.92. The number of halogens is 1. The maximum Gasteiger partial charge on any atom is 0.320 e. The van der Waals surface area contributed by atoms with Gasteiger partial charge in [0.1, 0.15) is 18.0 Å². The van der Waals surface area contributed by atoms with Crippen LogP contribution in [0.1, 0.15) is 33.1 Å². The maximum absolute atomic E-state index is 14.0. The molecule has 3 rings (SSSR count). The standard InChI is InChI=1S/C22H27ClNO5P/c1-3-27-22(25)16-24-17(2)6-4-5-15-28-30(24,26)21-13-11-20(12-14-21)29-19-9-7-18(23)8-10-19/h7-14,17H,3-6,15-16H2,1-2H3. The summed E-state index contributed by atoms with van der Waals surface area (Å²) < 4.78 is 32.5. The number of ether oxygens (including phenoxy) is 2. The van der Waals surface area contributed by atoms with E-state index >= 15 is 0 Å². The lowest BCUT2D eigenvalue weighted by Crippen LogP contribution is -2.40. The normalized spacial score (nSPS) is 22.7. The van der Waals surface area contributed by atoms with Gasteiger partial charge in [0.2, 0.25) is 0 Å². The molecule has 0 amide bonds. The highest BCUT2D eigenvalue weighted by atomic mass is 35.5. The summed E-state index contributed by atoms with van der Waals surface area (Å²) in [6, 6.07) is 13.9. The van der Waals surface area contributed by atoms with Gasteiger partial charge in [-0.05, 0) is 81.6 Å².